The van der Waals surface area contributed by atoms with Gasteiger partial charge in [0, 0.05) is 36.0 Å². The maximum absolute atomic E-state index is 13.5. The zero-order valence-corrected chi connectivity index (χ0v) is 21.5. The average molecular weight is 507 g/mol. The van der Waals surface area contributed by atoms with Gasteiger partial charge in [-0.25, -0.2) is 4.39 Å². The molecule has 3 aromatic carbocycles. The van der Waals surface area contributed by atoms with Gasteiger partial charge in [0.2, 0.25) is 0 Å². The van der Waals surface area contributed by atoms with Crippen molar-refractivity contribution in [2.24, 2.45) is 0 Å². The van der Waals surface area contributed by atoms with Crippen LogP contribution in [0.5, 0.6) is 17.2 Å². The second-order valence-corrected chi connectivity index (χ2v) is 8.99. The van der Waals surface area contributed by atoms with Crippen molar-refractivity contribution in [1.29, 1.82) is 0 Å². The van der Waals surface area contributed by atoms with Crippen LogP contribution < -0.4 is 19.5 Å². The number of halogens is 1. The molecule has 0 radical (unpaired) electrons. The molecule has 0 bridgehead atoms. The van der Waals surface area contributed by atoms with E-state index in [1.165, 1.54) is 25.3 Å². The predicted molar refractivity (Wildman–Crippen MR) is 140 cm³/mol. The van der Waals surface area contributed by atoms with E-state index in [0.717, 1.165) is 24.0 Å². The molecule has 4 rings (SSSR count). The minimum Gasteiger partial charge on any atom is -0.496 e. The number of nitrogens with zero attached hydrogens (tertiary/aromatic N) is 1. The number of amides is 2. The summed E-state index contributed by atoms with van der Waals surface area (Å²) < 4.78 is 29.4. The molecule has 37 heavy (non-hydrogen) atoms. The smallest absolute Gasteiger partial charge is 0.257 e. The van der Waals surface area contributed by atoms with Crippen LogP contribution in [0.3, 0.4) is 0 Å². The first-order chi connectivity index (χ1) is 17.8. The SMILES string of the molecule is COc1cc(F)ccc1C(=O)N1CCC(c2ccc(NC(=O)c3cc(OC)c(C)c(OC)c3)cc2)CC1. The van der Waals surface area contributed by atoms with Crippen LogP contribution in [-0.2, 0) is 0 Å². The molecule has 1 heterocycles. The molecule has 1 aliphatic heterocycles. The number of piperidine rings is 1. The molecule has 7 nitrogen and oxygen atoms in total. The van der Waals surface area contributed by atoms with Crippen LogP contribution in [0.25, 0.3) is 0 Å². The number of benzene rings is 3. The Kier molecular flexibility index (Phi) is 7.96. The fourth-order valence-electron chi connectivity index (χ4n) is 4.69. The van der Waals surface area contributed by atoms with Gasteiger partial charge >= 0.3 is 0 Å². The van der Waals surface area contributed by atoms with E-state index in [9.17, 15) is 14.0 Å². The fourth-order valence-corrected chi connectivity index (χ4v) is 4.69. The number of likely N-dealkylation sites (tertiary alicyclic amines) is 1. The summed E-state index contributed by atoms with van der Waals surface area (Å²) in [6.07, 6.45) is 1.62. The number of anilines is 1. The maximum Gasteiger partial charge on any atom is 0.257 e. The van der Waals surface area contributed by atoms with Gasteiger partial charge in [-0.05, 0) is 67.6 Å². The number of hydrogen-bond donors (Lipinski definition) is 1. The highest BCUT2D eigenvalue weighted by atomic mass is 19.1. The molecule has 1 fully saturated rings. The van der Waals surface area contributed by atoms with Gasteiger partial charge in [-0.2, -0.15) is 0 Å². The standard InChI is InChI=1S/C29H31FN2O5/c1-18-25(35-2)15-21(16-26(18)36-3)28(33)31-23-8-5-19(6-9-23)20-11-13-32(14-12-20)29(34)24-10-7-22(30)17-27(24)37-4/h5-10,15-17,20H,11-14H2,1-4H3,(H,31,33). The van der Waals surface area contributed by atoms with Crippen molar-refractivity contribution in [2.75, 3.05) is 39.7 Å². The Bertz CT molecular complexity index is 1260. The van der Waals surface area contributed by atoms with Crippen LogP contribution in [-0.4, -0.2) is 51.1 Å². The molecule has 0 spiro atoms. The molecule has 1 aliphatic rings. The zero-order chi connectivity index (χ0) is 26.5. The summed E-state index contributed by atoms with van der Waals surface area (Å²) in [6.45, 7) is 3.07. The van der Waals surface area contributed by atoms with E-state index in [0.29, 0.717) is 47.3 Å². The molecule has 194 valence electrons. The first-order valence-electron chi connectivity index (χ1n) is 12.1. The highest BCUT2D eigenvalue weighted by molar-refractivity contribution is 6.05. The summed E-state index contributed by atoms with van der Waals surface area (Å²) in [5.74, 6) is 0.863. The summed E-state index contributed by atoms with van der Waals surface area (Å²) in [6, 6.07) is 15.2. The molecule has 2 amide bonds. The normalized spacial score (nSPS) is 13.7. The number of methoxy groups -OCH3 is 3. The molecule has 0 saturated carbocycles. The van der Waals surface area contributed by atoms with Gasteiger partial charge in [0.05, 0.1) is 26.9 Å². The van der Waals surface area contributed by atoms with E-state index in [4.69, 9.17) is 14.2 Å². The average Bonchev–Trinajstić information content (AvgIpc) is 2.93. The quantitative estimate of drug-likeness (QED) is 0.462. The van der Waals surface area contributed by atoms with Crippen molar-refractivity contribution < 1.29 is 28.2 Å². The van der Waals surface area contributed by atoms with Crippen molar-refractivity contribution in [3.63, 3.8) is 0 Å². The van der Waals surface area contributed by atoms with E-state index >= 15 is 0 Å². The third kappa shape index (κ3) is 5.69. The van der Waals surface area contributed by atoms with Crippen molar-refractivity contribution in [3.05, 3.63) is 82.7 Å². The van der Waals surface area contributed by atoms with Gasteiger partial charge in [-0.3, -0.25) is 9.59 Å². The van der Waals surface area contributed by atoms with Crippen LogP contribution >= 0.6 is 0 Å². The van der Waals surface area contributed by atoms with Gasteiger partial charge in [0.1, 0.15) is 23.1 Å². The summed E-state index contributed by atoms with van der Waals surface area (Å²) >= 11 is 0. The fraction of sp³-hybridized carbons (Fsp3) is 0.310. The van der Waals surface area contributed by atoms with Crippen LogP contribution in [0.4, 0.5) is 10.1 Å². The third-order valence-electron chi connectivity index (χ3n) is 6.83. The lowest BCUT2D eigenvalue weighted by Gasteiger charge is -2.32. The van der Waals surface area contributed by atoms with Crippen LogP contribution in [0.2, 0.25) is 0 Å². The zero-order valence-electron chi connectivity index (χ0n) is 21.5. The Balaban J connectivity index is 1.37. The Morgan fingerprint density at radius 1 is 0.865 bits per heavy atom. The largest absolute Gasteiger partial charge is 0.496 e. The molecule has 1 N–H and O–H groups in total. The van der Waals surface area contributed by atoms with Gasteiger partial charge in [-0.15, -0.1) is 0 Å². The van der Waals surface area contributed by atoms with Crippen molar-refractivity contribution in [3.8, 4) is 17.2 Å². The Morgan fingerprint density at radius 3 is 2.03 bits per heavy atom. The minimum absolute atomic E-state index is 0.155. The molecule has 3 aromatic rings. The van der Waals surface area contributed by atoms with E-state index in [1.807, 2.05) is 31.2 Å². The van der Waals surface area contributed by atoms with Crippen molar-refractivity contribution >= 4 is 17.5 Å². The monoisotopic (exact) mass is 506 g/mol. The van der Waals surface area contributed by atoms with Gasteiger partial charge < -0.3 is 24.4 Å². The minimum atomic E-state index is -0.440. The Labute approximate surface area is 216 Å². The maximum atomic E-state index is 13.5. The summed E-state index contributed by atoms with van der Waals surface area (Å²) in [5, 5.41) is 2.92. The summed E-state index contributed by atoms with van der Waals surface area (Å²) in [7, 11) is 4.54. The van der Waals surface area contributed by atoms with Gasteiger partial charge in [0.15, 0.2) is 0 Å². The molecule has 0 atom stereocenters. The third-order valence-corrected chi connectivity index (χ3v) is 6.83. The molecule has 8 heteroatoms. The second kappa shape index (κ2) is 11.3. The van der Waals surface area contributed by atoms with Gasteiger partial charge in [-0.1, -0.05) is 12.1 Å². The lowest BCUT2D eigenvalue weighted by atomic mass is 9.89. The lowest BCUT2D eigenvalue weighted by Crippen LogP contribution is -2.38. The topological polar surface area (TPSA) is 77.1 Å². The summed E-state index contributed by atoms with van der Waals surface area (Å²) in [5.41, 5.74) is 3.48. The van der Waals surface area contributed by atoms with Crippen LogP contribution in [0.15, 0.2) is 54.6 Å². The lowest BCUT2D eigenvalue weighted by molar-refractivity contribution is 0.0709. The number of rotatable bonds is 7. The first-order valence-corrected chi connectivity index (χ1v) is 12.1. The van der Waals surface area contributed by atoms with E-state index in [1.54, 1.807) is 31.3 Å². The van der Waals surface area contributed by atoms with E-state index in [2.05, 4.69) is 5.32 Å². The number of ether oxygens (including phenoxy) is 3. The highest BCUT2D eigenvalue weighted by Crippen LogP contribution is 2.32. The Hall–Kier alpha value is -4.07. The Morgan fingerprint density at radius 2 is 1.46 bits per heavy atom. The molecule has 0 aliphatic carbocycles. The first kappa shape index (κ1) is 26.0. The highest BCUT2D eigenvalue weighted by Gasteiger charge is 2.26. The molecule has 0 unspecified atom stereocenters. The number of hydrogen-bond acceptors (Lipinski definition) is 5. The van der Waals surface area contributed by atoms with Crippen LogP contribution in [0, 0.1) is 12.7 Å². The molecular formula is C29H31FN2O5. The number of carbonyl (C=O) groups excluding carboxylic acids is 2. The number of nitrogens with one attached hydrogen (secondary N) is 1. The number of carbonyl (C=O) groups is 2. The van der Waals surface area contributed by atoms with E-state index < -0.39 is 5.82 Å². The molecule has 1 saturated heterocycles. The van der Waals surface area contributed by atoms with Gasteiger partial charge in [0.25, 0.3) is 11.8 Å². The van der Waals surface area contributed by atoms with Crippen LogP contribution in [0.1, 0.15) is 50.6 Å². The second-order valence-electron chi connectivity index (χ2n) is 8.99. The van der Waals surface area contributed by atoms with E-state index in [-0.39, 0.29) is 17.6 Å². The van der Waals surface area contributed by atoms with Crippen molar-refractivity contribution in [1.82, 2.24) is 4.90 Å². The molecule has 0 aromatic heterocycles. The molecular weight excluding hydrogens is 475 g/mol. The predicted octanol–water partition coefficient (Wildman–Crippen LogP) is 5.43. The van der Waals surface area contributed by atoms with Crippen molar-refractivity contribution in [2.45, 2.75) is 25.7 Å². The summed E-state index contributed by atoms with van der Waals surface area (Å²) in [4.78, 5) is 27.6.